The Bertz CT molecular complexity index is 371. The van der Waals surface area contributed by atoms with Gasteiger partial charge in [0.2, 0.25) is 0 Å². The third-order valence-corrected chi connectivity index (χ3v) is 4.60. The van der Waals surface area contributed by atoms with Crippen molar-refractivity contribution in [3.05, 3.63) is 0 Å². The monoisotopic (exact) mass is 295 g/mol. The summed E-state index contributed by atoms with van der Waals surface area (Å²) in [5, 5.41) is 4.32. The van der Waals surface area contributed by atoms with Crippen molar-refractivity contribution in [2.75, 3.05) is 32.8 Å². The van der Waals surface area contributed by atoms with Crippen LogP contribution in [0, 0.1) is 11.3 Å². The lowest BCUT2D eigenvalue weighted by Gasteiger charge is -2.34. The first-order chi connectivity index (χ1) is 9.95. The lowest BCUT2D eigenvalue weighted by Crippen LogP contribution is -2.42. The van der Waals surface area contributed by atoms with E-state index in [2.05, 4.69) is 36.2 Å². The Hall–Kier alpha value is -0.940. The summed E-state index contributed by atoms with van der Waals surface area (Å²) in [6.45, 7) is 10.4. The highest BCUT2D eigenvalue weighted by atomic mass is 16.5. The Kier molecular flexibility index (Phi) is 5.76. The Morgan fingerprint density at radius 2 is 1.90 bits per heavy atom. The first-order valence-corrected chi connectivity index (χ1v) is 8.09. The Labute approximate surface area is 128 Å². The van der Waals surface area contributed by atoms with Gasteiger partial charge in [0.15, 0.2) is 0 Å². The summed E-state index contributed by atoms with van der Waals surface area (Å²) >= 11 is 0. The fourth-order valence-corrected chi connectivity index (χ4v) is 3.07. The van der Waals surface area contributed by atoms with Crippen LogP contribution in [0.25, 0.3) is 0 Å². The average Bonchev–Trinajstić information content (AvgIpc) is 2.46. The van der Waals surface area contributed by atoms with Gasteiger partial charge in [-0.1, -0.05) is 20.8 Å². The molecule has 21 heavy (non-hydrogen) atoms. The highest BCUT2D eigenvalue weighted by Crippen LogP contribution is 2.36. The minimum absolute atomic E-state index is 0.0117. The predicted molar refractivity (Wildman–Crippen MR) is 84.2 cm³/mol. The molecule has 0 aromatic rings. The zero-order chi connectivity index (χ0) is 15.3. The summed E-state index contributed by atoms with van der Waals surface area (Å²) < 4.78 is 5.27. The van der Waals surface area contributed by atoms with Crippen LogP contribution in [0.5, 0.6) is 0 Å². The lowest BCUT2D eigenvalue weighted by molar-refractivity contribution is -0.123. The van der Waals surface area contributed by atoms with E-state index in [9.17, 15) is 4.79 Å². The summed E-state index contributed by atoms with van der Waals surface area (Å²) in [4.78, 5) is 14.0. The van der Waals surface area contributed by atoms with Crippen LogP contribution in [0.4, 0.5) is 0 Å². The predicted octanol–water partition coefficient (Wildman–Crippen LogP) is 2.03. The van der Waals surface area contributed by atoms with Crippen molar-refractivity contribution in [2.24, 2.45) is 16.4 Å². The molecule has 0 aromatic carbocycles. The van der Waals surface area contributed by atoms with Crippen molar-refractivity contribution in [1.29, 1.82) is 0 Å². The number of nitrogens with zero attached hydrogens (tertiary/aromatic N) is 2. The number of carbonyl (C=O) groups is 1. The molecule has 1 heterocycles. The fourth-order valence-electron chi connectivity index (χ4n) is 3.07. The second kappa shape index (κ2) is 7.36. The van der Waals surface area contributed by atoms with Crippen molar-refractivity contribution in [3.63, 3.8) is 0 Å². The molecule has 2 fully saturated rings. The van der Waals surface area contributed by atoms with E-state index >= 15 is 0 Å². The van der Waals surface area contributed by atoms with Crippen LogP contribution >= 0.6 is 0 Å². The Morgan fingerprint density at radius 1 is 1.29 bits per heavy atom. The molecular formula is C16H29N3O2. The fraction of sp³-hybridized carbons (Fsp3) is 0.875. The molecule has 0 unspecified atom stereocenters. The van der Waals surface area contributed by atoms with Gasteiger partial charge in [-0.25, -0.2) is 5.43 Å². The second-order valence-corrected chi connectivity index (χ2v) is 7.24. The molecule has 120 valence electrons. The molecule has 2 rings (SSSR count). The van der Waals surface area contributed by atoms with E-state index in [0.29, 0.717) is 12.0 Å². The van der Waals surface area contributed by atoms with E-state index in [0.717, 1.165) is 50.8 Å². The minimum Gasteiger partial charge on any atom is -0.379 e. The van der Waals surface area contributed by atoms with Gasteiger partial charge in [0.1, 0.15) is 0 Å². The van der Waals surface area contributed by atoms with E-state index < -0.39 is 0 Å². The Balaban J connectivity index is 1.71. The molecule has 1 aliphatic heterocycles. The third-order valence-electron chi connectivity index (χ3n) is 4.60. The molecule has 0 spiro atoms. The molecule has 5 nitrogen and oxygen atoms in total. The molecule has 0 radical (unpaired) electrons. The molecule has 0 atom stereocenters. The Morgan fingerprint density at radius 3 is 2.48 bits per heavy atom. The van der Waals surface area contributed by atoms with Crippen LogP contribution < -0.4 is 5.43 Å². The van der Waals surface area contributed by atoms with E-state index in [1.165, 1.54) is 12.8 Å². The van der Waals surface area contributed by atoms with Crippen molar-refractivity contribution in [1.82, 2.24) is 10.3 Å². The zero-order valence-electron chi connectivity index (χ0n) is 13.7. The summed E-state index contributed by atoms with van der Waals surface area (Å²) in [6.07, 6.45) is 4.39. The number of hydrogen-bond acceptors (Lipinski definition) is 4. The second-order valence-electron chi connectivity index (χ2n) is 7.24. The number of hydrazone groups is 1. The SMILES string of the molecule is CC(C)(C)C1CCC(=NNC(=O)CN2CCOCC2)CC1. The number of ether oxygens (including phenoxy) is 1. The average molecular weight is 295 g/mol. The van der Waals surface area contributed by atoms with Crippen molar-refractivity contribution < 1.29 is 9.53 Å². The molecule has 0 aromatic heterocycles. The first-order valence-electron chi connectivity index (χ1n) is 8.09. The molecule has 1 N–H and O–H groups in total. The van der Waals surface area contributed by atoms with Gasteiger partial charge in [0, 0.05) is 18.8 Å². The summed E-state index contributed by atoms with van der Waals surface area (Å²) in [5.74, 6) is 0.753. The van der Waals surface area contributed by atoms with Crippen LogP contribution in [0.3, 0.4) is 0 Å². The van der Waals surface area contributed by atoms with Crippen LogP contribution in [0.1, 0.15) is 46.5 Å². The molecule has 1 saturated carbocycles. The molecule has 2 aliphatic rings. The van der Waals surface area contributed by atoms with Crippen molar-refractivity contribution in [3.8, 4) is 0 Å². The van der Waals surface area contributed by atoms with Gasteiger partial charge in [-0.2, -0.15) is 5.10 Å². The lowest BCUT2D eigenvalue weighted by atomic mass is 9.72. The number of nitrogens with one attached hydrogen (secondary N) is 1. The minimum atomic E-state index is -0.0117. The van der Waals surface area contributed by atoms with Crippen LogP contribution in [0.15, 0.2) is 5.10 Å². The quantitative estimate of drug-likeness (QED) is 0.811. The normalized spacial score (nSPS) is 24.7. The number of morpholine rings is 1. The van der Waals surface area contributed by atoms with Gasteiger partial charge in [0.25, 0.3) is 5.91 Å². The summed E-state index contributed by atoms with van der Waals surface area (Å²) in [7, 11) is 0. The third kappa shape index (κ3) is 5.40. The number of rotatable bonds is 3. The number of carbonyl (C=O) groups excluding carboxylic acids is 1. The van der Waals surface area contributed by atoms with E-state index in [-0.39, 0.29) is 5.91 Å². The van der Waals surface area contributed by atoms with Crippen LogP contribution in [-0.4, -0.2) is 49.4 Å². The maximum Gasteiger partial charge on any atom is 0.254 e. The summed E-state index contributed by atoms with van der Waals surface area (Å²) in [5.41, 5.74) is 4.24. The van der Waals surface area contributed by atoms with Crippen molar-refractivity contribution in [2.45, 2.75) is 46.5 Å². The molecule has 1 aliphatic carbocycles. The van der Waals surface area contributed by atoms with Crippen molar-refractivity contribution >= 4 is 11.6 Å². The van der Waals surface area contributed by atoms with E-state index in [4.69, 9.17) is 4.74 Å². The molecule has 1 saturated heterocycles. The van der Waals surface area contributed by atoms with E-state index in [1.807, 2.05) is 0 Å². The van der Waals surface area contributed by atoms with Crippen LogP contribution in [-0.2, 0) is 9.53 Å². The van der Waals surface area contributed by atoms with Gasteiger partial charge >= 0.3 is 0 Å². The van der Waals surface area contributed by atoms with Gasteiger partial charge < -0.3 is 4.74 Å². The molecule has 5 heteroatoms. The highest BCUT2D eigenvalue weighted by molar-refractivity contribution is 5.87. The van der Waals surface area contributed by atoms with Crippen LogP contribution in [0.2, 0.25) is 0 Å². The van der Waals surface area contributed by atoms with Gasteiger partial charge in [0.05, 0.1) is 19.8 Å². The first kappa shape index (κ1) is 16.4. The molecule has 1 amide bonds. The van der Waals surface area contributed by atoms with Gasteiger partial charge in [-0.3, -0.25) is 9.69 Å². The largest absolute Gasteiger partial charge is 0.379 e. The number of amides is 1. The highest BCUT2D eigenvalue weighted by Gasteiger charge is 2.28. The summed E-state index contributed by atoms with van der Waals surface area (Å²) in [6, 6.07) is 0. The number of hydrogen-bond donors (Lipinski definition) is 1. The topological polar surface area (TPSA) is 53.9 Å². The van der Waals surface area contributed by atoms with E-state index in [1.54, 1.807) is 0 Å². The van der Waals surface area contributed by atoms with Gasteiger partial charge in [-0.05, 0) is 37.0 Å². The standard InChI is InChI=1S/C16H29N3O2/c1-16(2,3)13-4-6-14(7-5-13)17-18-15(20)12-19-8-10-21-11-9-19/h13H,4-12H2,1-3H3,(H,18,20). The van der Waals surface area contributed by atoms with Gasteiger partial charge in [-0.15, -0.1) is 0 Å². The molecule has 0 bridgehead atoms. The smallest absolute Gasteiger partial charge is 0.254 e. The zero-order valence-corrected chi connectivity index (χ0v) is 13.7. The molecular weight excluding hydrogens is 266 g/mol. The maximum absolute atomic E-state index is 11.9. The maximum atomic E-state index is 11.9.